The molecule has 0 amide bonds. The number of hydrogen-bond donors (Lipinski definition) is 0. The van der Waals surface area contributed by atoms with Gasteiger partial charge in [0.05, 0.1) is 0 Å². The molecule has 10 aromatic carbocycles. The summed E-state index contributed by atoms with van der Waals surface area (Å²) in [6, 6.07) is 60.3. The molecular weight excluding hydrogens is 1300 g/mol. The van der Waals surface area contributed by atoms with E-state index in [0.29, 0.717) is 0 Å². The maximum absolute atomic E-state index is 2.51. The Morgan fingerprint density at radius 3 is 0.231 bits per heavy atom. The minimum Gasteiger partial charge on any atom is -0.0613 e. The summed E-state index contributed by atoms with van der Waals surface area (Å²) in [5, 5.41) is 0. The summed E-state index contributed by atoms with van der Waals surface area (Å²) >= 11 is 0. The maximum Gasteiger partial charge on any atom is -0.0233 e. The molecule has 0 fully saturated rings. The van der Waals surface area contributed by atoms with Crippen molar-refractivity contribution in [1.29, 1.82) is 0 Å². The number of aryl methyl sites for hydroxylation is 12. The second-order valence-electron chi connectivity index (χ2n) is 32.6. The molecule has 0 nitrogen and oxygen atoms in total. The summed E-state index contributed by atoms with van der Waals surface area (Å²) in [6.07, 6.45) is 38.7. The van der Waals surface area contributed by atoms with E-state index in [1.165, 1.54) is 66.8 Å². The van der Waals surface area contributed by atoms with E-state index in [4.69, 9.17) is 0 Å². The molecule has 108 heavy (non-hydrogen) atoms. The van der Waals surface area contributed by atoms with E-state index in [9.17, 15) is 0 Å². The quantitative estimate of drug-likeness (QED) is 0.114. The lowest BCUT2D eigenvalue weighted by Crippen LogP contribution is -2.15. The van der Waals surface area contributed by atoms with E-state index in [1.807, 2.05) is 0 Å². The Morgan fingerprint density at radius 2 is 0.176 bits per heavy atom. The molecule has 26 rings (SSSR count). The highest BCUT2D eigenvalue weighted by Gasteiger charge is 2.28. The second kappa shape index (κ2) is 37.3. The van der Waals surface area contributed by atoms with Crippen LogP contribution in [0.5, 0.6) is 0 Å². The van der Waals surface area contributed by atoms with Gasteiger partial charge in [-0.25, -0.2) is 0 Å². The van der Waals surface area contributed by atoms with Gasteiger partial charge in [0, 0.05) is 0 Å². The van der Waals surface area contributed by atoms with E-state index in [0.717, 1.165) is 231 Å². The Kier molecular flexibility index (Phi) is 27.0. The molecule has 10 aromatic rings. The third-order valence-electron chi connectivity index (χ3n) is 27.1. The van der Waals surface area contributed by atoms with Crippen molar-refractivity contribution in [3.63, 3.8) is 0 Å². The lowest BCUT2D eigenvalue weighted by molar-refractivity contribution is 0.811. The highest BCUT2D eigenvalue weighted by Crippen LogP contribution is 2.40. The van der Waals surface area contributed by atoms with Gasteiger partial charge in [0.15, 0.2) is 0 Å². The van der Waals surface area contributed by atoms with E-state index < -0.39 is 0 Å². The van der Waals surface area contributed by atoms with Crippen molar-refractivity contribution in [2.45, 2.75) is 314 Å². The number of hydrogen-bond acceptors (Lipinski definition) is 0. The molecule has 16 aliphatic rings. The SMILES string of the molecule is CCc1c2c(CC)c3c(CC)c1CCc1ccc(cc1)CCc1c(CC)c4c(CC)c(c1CC)CCc1ccc(cc1)CCc1c(CC)c(c(CC)c(c1CC)CCc1ccc(cc1)CCc1c(CC)c(c(CC)c(c1CC)CCc1ccc(cc1)CC4)CCc1ccc(cc1)CC2)CCc1ccc(cc1)CC3. The van der Waals surface area contributed by atoms with Crippen LogP contribution < -0.4 is 0 Å². The van der Waals surface area contributed by atoms with E-state index in [2.05, 4.69) is 229 Å². The molecule has 0 saturated heterocycles. The molecule has 564 valence electrons. The van der Waals surface area contributed by atoms with Gasteiger partial charge in [-0.1, -0.05) is 229 Å². The van der Waals surface area contributed by atoms with Crippen LogP contribution in [0.25, 0.3) is 0 Å². The van der Waals surface area contributed by atoms with Crippen LogP contribution in [0.4, 0.5) is 0 Å². The topological polar surface area (TPSA) is 0 Å². The summed E-state index contributed by atoms with van der Waals surface area (Å²) in [7, 11) is 0. The lowest BCUT2D eigenvalue weighted by atomic mass is 9.78. The van der Waals surface area contributed by atoms with E-state index in [-0.39, 0.29) is 0 Å². The average Bonchev–Trinajstić information content (AvgIpc) is 0.787. The van der Waals surface area contributed by atoms with Crippen molar-refractivity contribution in [2.24, 2.45) is 0 Å². The van der Waals surface area contributed by atoms with E-state index >= 15 is 0 Å². The fourth-order valence-electron chi connectivity index (χ4n) is 21.6. The predicted octanol–water partition coefficient (Wildman–Crippen LogP) is 24.8. The highest BCUT2D eigenvalue weighted by molar-refractivity contribution is 5.59. The van der Waals surface area contributed by atoms with Crippen molar-refractivity contribution in [2.75, 3.05) is 0 Å². The van der Waals surface area contributed by atoms with Crippen molar-refractivity contribution >= 4 is 0 Å². The Hall–Kier alpha value is -7.80. The van der Waals surface area contributed by atoms with Crippen LogP contribution in [0.15, 0.2) is 146 Å². The Labute approximate surface area is 655 Å². The van der Waals surface area contributed by atoms with Crippen LogP contribution in [-0.2, 0) is 231 Å². The zero-order valence-electron chi connectivity index (χ0n) is 69.3. The van der Waals surface area contributed by atoms with Gasteiger partial charge < -0.3 is 0 Å². The largest absolute Gasteiger partial charge is 0.0613 e. The first kappa shape index (κ1) is 78.3. The monoisotopic (exact) mass is 1430 g/mol. The third-order valence-corrected chi connectivity index (χ3v) is 27.1. The standard InChI is InChI=1S/C108H132/c1-13-85-97-61-49-73-25-29-76(30-26-73)52-64-100-88(16-4)103-67-55-79-37-39-80(40-38-79)56-68-104-89(17-5)101-65-53-77-31-27-74(28-32-77)50-62-98(85)87(15-3)99(86(97)14-2)63-51-75-33-35-78(36-34-75)54-66-102-92(20-8)107(71-59-83-45-41-81(42-46-83)57-69-105(90(100)18-6)94(103)22-10)96(24-12)108(93(102)21-9)72-60-84-47-43-82(44-48-84)58-70-106(91(101)19-7)95(104)23-11/h25-48H,13-24,49-72H2,1-12H3. The molecule has 0 unspecified atom stereocenters. The Balaban J connectivity index is 1.02. The summed E-state index contributed by atoms with van der Waals surface area (Å²) in [5.74, 6) is 0. The second-order valence-corrected chi connectivity index (χ2v) is 32.6. The summed E-state index contributed by atoms with van der Waals surface area (Å²) in [5.41, 5.74) is 57.4. The molecule has 0 spiro atoms. The number of benzene rings is 10. The fraction of sp³-hybridized carbons (Fsp3) is 0.444. The molecule has 16 aliphatic carbocycles. The zero-order valence-corrected chi connectivity index (χ0v) is 69.3. The predicted molar refractivity (Wildman–Crippen MR) is 466 cm³/mol. The first-order valence-electron chi connectivity index (χ1n) is 44.1. The smallest absolute Gasteiger partial charge is 0.0233 e. The average molecular weight is 1430 g/mol. The van der Waals surface area contributed by atoms with Crippen molar-refractivity contribution in [3.8, 4) is 0 Å². The summed E-state index contributed by atoms with van der Waals surface area (Å²) < 4.78 is 0. The van der Waals surface area contributed by atoms with Crippen LogP contribution in [0.2, 0.25) is 0 Å². The summed E-state index contributed by atoms with van der Waals surface area (Å²) in [6.45, 7) is 29.7. The summed E-state index contributed by atoms with van der Waals surface area (Å²) in [4.78, 5) is 0. The van der Waals surface area contributed by atoms with Gasteiger partial charge in [-0.3, -0.25) is 0 Å². The molecule has 0 saturated carbocycles. The molecule has 0 heteroatoms. The van der Waals surface area contributed by atoms with Crippen molar-refractivity contribution in [3.05, 3.63) is 346 Å². The van der Waals surface area contributed by atoms with Crippen LogP contribution in [0.1, 0.15) is 283 Å². The maximum atomic E-state index is 2.51. The first-order valence-corrected chi connectivity index (χ1v) is 44.1. The molecule has 0 aromatic heterocycles. The fourth-order valence-corrected chi connectivity index (χ4v) is 21.6. The van der Waals surface area contributed by atoms with Crippen molar-refractivity contribution < 1.29 is 0 Å². The van der Waals surface area contributed by atoms with Gasteiger partial charge >= 0.3 is 0 Å². The Bertz CT molecular complexity index is 3520. The lowest BCUT2D eigenvalue weighted by Gasteiger charge is -2.27. The molecule has 0 N–H and O–H groups in total. The van der Waals surface area contributed by atoms with Gasteiger partial charge in [0.2, 0.25) is 0 Å². The van der Waals surface area contributed by atoms with Crippen LogP contribution in [0.3, 0.4) is 0 Å². The van der Waals surface area contributed by atoms with E-state index in [1.54, 1.807) is 134 Å². The van der Waals surface area contributed by atoms with Gasteiger partial charge in [-0.2, -0.15) is 0 Å². The molecule has 0 radical (unpaired) electrons. The normalized spacial score (nSPS) is 14.8. The van der Waals surface area contributed by atoms with Crippen LogP contribution in [-0.4, -0.2) is 0 Å². The van der Waals surface area contributed by atoms with Gasteiger partial charge in [0.1, 0.15) is 0 Å². The van der Waals surface area contributed by atoms with Crippen LogP contribution in [0, 0.1) is 0 Å². The molecular formula is C108H132. The zero-order chi connectivity index (χ0) is 75.2. The third kappa shape index (κ3) is 17.2. The highest BCUT2D eigenvalue weighted by atomic mass is 14.3. The molecule has 0 heterocycles. The minimum absolute atomic E-state index is 1.06. The number of rotatable bonds is 12. The molecule has 24 bridgehead atoms. The van der Waals surface area contributed by atoms with Gasteiger partial charge in [-0.15, -0.1) is 0 Å². The minimum atomic E-state index is 1.06. The molecule has 0 aliphatic heterocycles. The van der Waals surface area contributed by atoms with Crippen molar-refractivity contribution in [1.82, 2.24) is 0 Å². The molecule has 0 atom stereocenters. The van der Waals surface area contributed by atoms with Gasteiger partial charge in [0.25, 0.3) is 0 Å². The first-order chi connectivity index (χ1) is 53.0. The van der Waals surface area contributed by atoms with Gasteiger partial charge in [-0.05, 0) is 431 Å². The van der Waals surface area contributed by atoms with Crippen LogP contribution >= 0.6 is 0 Å². The Morgan fingerprint density at radius 1 is 0.111 bits per heavy atom.